The van der Waals surface area contributed by atoms with Crippen molar-refractivity contribution in [1.29, 1.82) is 0 Å². The van der Waals surface area contributed by atoms with Gasteiger partial charge in [0.2, 0.25) is 0 Å². The van der Waals surface area contributed by atoms with Crippen LogP contribution in [0.3, 0.4) is 0 Å². The van der Waals surface area contributed by atoms with Gasteiger partial charge in [-0.2, -0.15) is 0 Å². The third-order valence-corrected chi connectivity index (χ3v) is 3.35. The number of benzene rings is 1. The van der Waals surface area contributed by atoms with Gasteiger partial charge in [-0.1, -0.05) is 26.0 Å². The molecular weight excluding hydrogens is 240 g/mol. The van der Waals surface area contributed by atoms with Crippen LogP contribution in [0.25, 0.3) is 0 Å². The number of nitrogens with one attached hydrogen (secondary N) is 2. The molecule has 2 rings (SSSR count). The van der Waals surface area contributed by atoms with Crippen molar-refractivity contribution in [3.8, 4) is 0 Å². The summed E-state index contributed by atoms with van der Waals surface area (Å²) in [6.07, 6.45) is 0. The van der Waals surface area contributed by atoms with Crippen molar-refractivity contribution >= 4 is 5.91 Å². The van der Waals surface area contributed by atoms with Gasteiger partial charge >= 0.3 is 0 Å². The SMILES string of the molecule is CC(C)c1ccc(C(=O)NCC2COCCN2)cc1. The van der Waals surface area contributed by atoms with Gasteiger partial charge in [0, 0.05) is 24.7 Å². The van der Waals surface area contributed by atoms with Crippen LogP contribution in [0.4, 0.5) is 0 Å². The van der Waals surface area contributed by atoms with E-state index in [1.165, 1.54) is 5.56 Å². The summed E-state index contributed by atoms with van der Waals surface area (Å²) >= 11 is 0. The van der Waals surface area contributed by atoms with E-state index in [1.54, 1.807) is 0 Å². The molecule has 1 aliphatic heterocycles. The van der Waals surface area contributed by atoms with E-state index in [-0.39, 0.29) is 11.9 Å². The van der Waals surface area contributed by atoms with Crippen LogP contribution in [0, 0.1) is 0 Å². The van der Waals surface area contributed by atoms with Gasteiger partial charge < -0.3 is 15.4 Å². The zero-order chi connectivity index (χ0) is 13.7. The predicted octanol–water partition coefficient (Wildman–Crippen LogP) is 1.53. The highest BCUT2D eigenvalue weighted by Gasteiger charge is 2.14. The predicted molar refractivity (Wildman–Crippen MR) is 75.5 cm³/mol. The first-order valence-corrected chi connectivity index (χ1v) is 6.86. The number of morpholine rings is 1. The Hall–Kier alpha value is -1.39. The molecule has 1 aliphatic rings. The zero-order valence-electron chi connectivity index (χ0n) is 11.6. The third-order valence-electron chi connectivity index (χ3n) is 3.35. The molecule has 1 fully saturated rings. The number of rotatable bonds is 4. The average molecular weight is 262 g/mol. The lowest BCUT2D eigenvalue weighted by molar-refractivity contribution is 0.0734. The molecule has 104 valence electrons. The maximum atomic E-state index is 12.0. The Bertz CT molecular complexity index is 409. The van der Waals surface area contributed by atoms with Crippen LogP contribution < -0.4 is 10.6 Å². The van der Waals surface area contributed by atoms with E-state index in [4.69, 9.17) is 4.74 Å². The van der Waals surface area contributed by atoms with Crippen LogP contribution in [-0.4, -0.2) is 38.3 Å². The minimum absolute atomic E-state index is 0.0253. The van der Waals surface area contributed by atoms with Gasteiger partial charge in [-0.25, -0.2) is 0 Å². The van der Waals surface area contributed by atoms with E-state index in [2.05, 4.69) is 24.5 Å². The first-order valence-electron chi connectivity index (χ1n) is 6.86. The normalized spacial score (nSPS) is 19.4. The molecule has 1 saturated heterocycles. The molecule has 4 heteroatoms. The van der Waals surface area contributed by atoms with Crippen molar-refractivity contribution in [2.24, 2.45) is 0 Å². The molecule has 1 aromatic carbocycles. The molecule has 2 N–H and O–H groups in total. The van der Waals surface area contributed by atoms with E-state index in [0.717, 1.165) is 13.2 Å². The summed E-state index contributed by atoms with van der Waals surface area (Å²) in [7, 11) is 0. The van der Waals surface area contributed by atoms with Crippen molar-refractivity contribution in [3.05, 3.63) is 35.4 Å². The van der Waals surface area contributed by atoms with Crippen molar-refractivity contribution in [2.45, 2.75) is 25.8 Å². The number of hydrogen-bond donors (Lipinski definition) is 2. The van der Waals surface area contributed by atoms with Gasteiger partial charge in [0.05, 0.1) is 13.2 Å². The van der Waals surface area contributed by atoms with Crippen LogP contribution >= 0.6 is 0 Å². The van der Waals surface area contributed by atoms with Gasteiger partial charge in [-0.05, 0) is 23.6 Å². The molecule has 1 amide bonds. The summed E-state index contributed by atoms with van der Waals surface area (Å²) in [6.45, 7) is 7.15. The second-order valence-corrected chi connectivity index (χ2v) is 5.21. The Morgan fingerprint density at radius 2 is 2.16 bits per heavy atom. The number of ether oxygens (including phenoxy) is 1. The standard InChI is InChI=1S/C15H22N2O2/c1-11(2)12-3-5-13(6-4-12)15(18)17-9-14-10-19-8-7-16-14/h3-6,11,14,16H,7-10H2,1-2H3,(H,17,18). The van der Waals surface area contributed by atoms with Crippen LogP contribution in [0.2, 0.25) is 0 Å². The van der Waals surface area contributed by atoms with Gasteiger partial charge in [0.25, 0.3) is 5.91 Å². The molecular formula is C15H22N2O2. The van der Waals surface area contributed by atoms with Gasteiger partial charge in [0.15, 0.2) is 0 Å². The van der Waals surface area contributed by atoms with Crippen LogP contribution in [-0.2, 0) is 4.74 Å². The number of amides is 1. The molecule has 1 heterocycles. The second-order valence-electron chi connectivity index (χ2n) is 5.21. The molecule has 4 nitrogen and oxygen atoms in total. The maximum Gasteiger partial charge on any atom is 0.251 e. The summed E-state index contributed by atoms with van der Waals surface area (Å²) in [4.78, 5) is 12.0. The summed E-state index contributed by atoms with van der Waals surface area (Å²) in [5.74, 6) is 0.461. The highest BCUT2D eigenvalue weighted by Crippen LogP contribution is 2.14. The third kappa shape index (κ3) is 4.04. The van der Waals surface area contributed by atoms with Crippen LogP contribution in [0.5, 0.6) is 0 Å². The Labute approximate surface area is 114 Å². The molecule has 1 atom stereocenters. The molecule has 0 radical (unpaired) electrons. The van der Waals surface area contributed by atoms with Crippen molar-refractivity contribution < 1.29 is 9.53 Å². The molecule has 19 heavy (non-hydrogen) atoms. The fourth-order valence-corrected chi connectivity index (χ4v) is 2.09. The van der Waals surface area contributed by atoms with E-state index >= 15 is 0 Å². The summed E-state index contributed by atoms with van der Waals surface area (Å²) in [5.41, 5.74) is 1.96. The minimum Gasteiger partial charge on any atom is -0.378 e. The molecule has 0 aliphatic carbocycles. The molecule has 0 aromatic heterocycles. The van der Waals surface area contributed by atoms with E-state index in [0.29, 0.717) is 24.6 Å². The Morgan fingerprint density at radius 3 is 2.74 bits per heavy atom. The van der Waals surface area contributed by atoms with E-state index in [9.17, 15) is 4.79 Å². The smallest absolute Gasteiger partial charge is 0.251 e. The number of carbonyl (C=O) groups excluding carboxylic acids is 1. The molecule has 0 spiro atoms. The first kappa shape index (κ1) is 14.0. The Balaban J connectivity index is 1.85. The monoisotopic (exact) mass is 262 g/mol. The number of carbonyl (C=O) groups is 1. The quantitative estimate of drug-likeness (QED) is 0.865. The average Bonchev–Trinajstić information content (AvgIpc) is 2.46. The fraction of sp³-hybridized carbons (Fsp3) is 0.533. The molecule has 1 aromatic rings. The second kappa shape index (κ2) is 6.68. The fourth-order valence-electron chi connectivity index (χ4n) is 2.09. The summed E-state index contributed by atoms with van der Waals surface area (Å²) in [5, 5.41) is 6.25. The minimum atomic E-state index is -0.0253. The molecule has 0 saturated carbocycles. The highest BCUT2D eigenvalue weighted by atomic mass is 16.5. The maximum absolute atomic E-state index is 12.0. The van der Waals surface area contributed by atoms with Crippen LogP contribution in [0.1, 0.15) is 35.7 Å². The summed E-state index contributed by atoms with van der Waals surface area (Å²) < 4.78 is 5.35. The lowest BCUT2D eigenvalue weighted by Crippen LogP contribution is -2.48. The largest absolute Gasteiger partial charge is 0.378 e. The molecule has 1 unspecified atom stereocenters. The number of hydrogen-bond acceptors (Lipinski definition) is 3. The van der Waals surface area contributed by atoms with Crippen LogP contribution in [0.15, 0.2) is 24.3 Å². The van der Waals surface area contributed by atoms with Gasteiger partial charge in [-0.3, -0.25) is 4.79 Å². The van der Waals surface area contributed by atoms with Crippen molar-refractivity contribution in [3.63, 3.8) is 0 Å². The molecule has 0 bridgehead atoms. The topological polar surface area (TPSA) is 50.4 Å². The van der Waals surface area contributed by atoms with E-state index < -0.39 is 0 Å². The lowest BCUT2D eigenvalue weighted by Gasteiger charge is -2.23. The van der Waals surface area contributed by atoms with Gasteiger partial charge in [0.1, 0.15) is 0 Å². The van der Waals surface area contributed by atoms with Crippen molar-refractivity contribution in [1.82, 2.24) is 10.6 Å². The lowest BCUT2D eigenvalue weighted by atomic mass is 10.0. The summed E-state index contributed by atoms with van der Waals surface area (Å²) in [6, 6.07) is 8.02. The first-order chi connectivity index (χ1) is 9.16. The Kier molecular flexibility index (Phi) is 4.93. The zero-order valence-corrected chi connectivity index (χ0v) is 11.6. The van der Waals surface area contributed by atoms with Crippen molar-refractivity contribution in [2.75, 3.05) is 26.3 Å². The van der Waals surface area contributed by atoms with E-state index in [1.807, 2.05) is 24.3 Å². The Morgan fingerprint density at radius 1 is 1.42 bits per heavy atom. The van der Waals surface area contributed by atoms with Gasteiger partial charge in [-0.15, -0.1) is 0 Å². The highest BCUT2D eigenvalue weighted by molar-refractivity contribution is 5.94.